The summed E-state index contributed by atoms with van der Waals surface area (Å²) in [5.74, 6) is -0.0206. The lowest BCUT2D eigenvalue weighted by Crippen LogP contribution is -2.22. The van der Waals surface area contributed by atoms with Crippen LogP contribution in [-0.4, -0.2) is 36.7 Å². The highest BCUT2D eigenvalue weighted by molar-refractivity contribution is 5.68. The highest BCUT2D eigenvalue weighted by Gasteiger charge is 2.18. The normalized spacial score (nSPS) is 12.5. The Labute approximate surface area is 102 Å². The molecule has 0 saturated heterocycles. The molecule has 0 bridgehead atoms. The summed E-state index contributed by atoms with van der Waals surface area (Å²) in [4.78, 5) is 12.7. The Morgan fingerprint density at radius 3 is 2.71 bits per heavy atom. The van der Waals surface area contributed by atoms with Gasteiger partial charge in [0.05, 0.1) is 13.0 Å². The number of aliphatic carboxylic acids is 1. The van der Waals surface area contributed by atoms with Crippen molar-refractivity contribution < 1.29 is 14.6 Å². The predicted octanol–water partition coefficient (Wildman–Crippen LogP) is 2.16. The maximum absolute atomic E-state index is 10.8. The van der Waals surface area contributed by atoms with E-state index in [9.17, 15) is 4.79 Å². The van der Waals surface area contributed by atoms with Gasteiger partial charge in [0.25, 0.3) is 0 Å². The molecule has 94 valence electrons. The summed E-state index contributed by atoms with van der Waals surface area (Å²) in [6.45, 7) is 2.53. The third-order valence-electron chi connectivity index (χ3n) is 2.55. The van der Waals surface area contributed by atoms with E-state index in [1.54, 1.807) is 0 Å². The standard InChI is InChI=1S/C13H19NO3/c1-4-17-11-7-5-6-10(8-11)12(14(2)3)9-13(15)16/h5-8,12H,4,9H2,1-3H3,(H,15,16). The van der Waals surface area contributed by atoms with E-state index in [0.717, 1.165) is 11.3 Å². The summed E-state index contributed by atoms with van der Waals surface area (Å²) >= 11 is 0. The zero-order valence-corrected chi connectivity index (χ0v) is 10.5. The van der Waals surface area contributed by atoms with E-state index >= 15 is 0 Å². The number of carboxylic acid groups (broad SMARTS) is 1. The first-order valence-electron chi connectivity index (χ1n) is 5.65. The Morgan fingerprint density at radius 1 is 1.47 bits per heavy atom. The van der Waals surface area contributed by atoms with E-state index in [1.807, 2.05) is 50.2 Å². The topological polar surface area (TPSA) is 49.8 Å². The number of carbonyl (C=O) groups is 1. The van der Waals surface area contributed by atoms with Crippen molar-refractivity contribution in [3.05, 3.63) is 29.8 Å². The number of hydrogen-bond donors (Lipinski definition) is 1. The molecule has 0 radical (unpaired) electrons. The number of nitrogens with zero attached hydrogens (tertiary/aromatic N) is 1. The highest BCUT2D eigenvalue weighted by Crippen LogP contribution is 2.25. The molecule has 1 aromatic rings. The molecule has 0 spiro atoms. The number of hydrogen-bond acceptors (Lipinski definition) is 3. The van der Waals surface area contributed by atoms with E-state index in [2.05, 4.69) is 0 Å². The smallest absolute Gasteiger partial charge is 0.305 e. The minimum atomic E-state index is -0.800. The van der Waals surface area contributed by atoms with Crippen LogP contribution in [0.3, 0.4) is 0 Å². The summed E-state index contributed by atoms with van der Waals surface area (Å²) in [5, 5.41) is 8.91. The van der Waals surface area contributed by atoms with Gasteiger partial charge in [-0.25, -0.2) is 0 Å². The Hall–Kier alpha value is -1.55. The summed E-state index contributed by atoms with van der Waals surface area (Å²) in [5.41, 5.74) is 0.961. The maximum Gasteiger partial charge on any atom is 0.305 e. The third kappa shape index (κ3) is 4.07. The zero-order chi connectivity index (χ0) is 12.8. The van der Waals surface area contributed by atoms with Crippen molar-refractivity contribution >= 4 is 5.97 Å². The summed E-state index contributed by atoms with van der Waals surface area (Å²) < 4.78 is 5.42. The molecule has 1 aromatic carbocycles. The number of benzene rings is 1. The van der Waals surface area contributed by atoms with Crippen molar-refractivity contribution in [1.82, 2.24) is 4.90 Å². The van der Waals surface area contributed by atoms with E-state index < -0.39 is 5.97 Å². The van der Waals surface area contributed by atoms with Gasteiger partial charge >= 0.3 is 5.97 Å². The Bertz CT molecular complexity index is 377. The molecule has 1 N–H and O–H groups in total. The molecule has 0 aromatic heterocycles. The molecule has 0 saturated carbocycles. The molecular formula is C13H19NO3. The molecule has 1 unspecified atom stereocenters. The SMILES string of the molecule is CCOc1cccc(C(CC(=O)O)N(C)C)c1. The van der Waals surface area contributed by atoms with Gasteiger partial charge in [0, 0.05) is 6.04 Å². The summed E-state index contributed by atoms with van der Waals surface area (Å²) in [6.07, 6.45) is 0.0859. The Morgan fingerprint density at radius 2 is 2.18 bits per heavy atom. The quantitative estimate of drug-likeness (QED) is 0.823. The minimum Gasteiger partial charge on any atom is -0.494 e. The lowest BCUT2D eigenvalue weighted by molar-refractivity contribution is -0.138. The number of rotatable bonds is 6. The number of carboxylic acids is 1. The van der Waals surface area contributed by atoms with Crippen LogP contribution >= 0.6 is 0 Å². The first-order valence-corrected chi connectivity index (χ1v) is 5.65. The van der Waals surface area contributed by atoms with Crippen molar-refractivity contribution in [2.45, 2.75) is 19.4 Å². The molecular weight excluding hydrogens is 218 g/mol. The maximum atomic E-state index is 10.8. The van der Waals surface area contributed by atoms with Gasteiger partial charge in [-0.3, -0.25) is 4.79 Å². The predicted molar refractivity (Wildman–Crippen MR) is 66.3 cm³/mol. The molecule has 1 rings (SSSR count). The Balaban J connectivity index is 2.93. The van der Waals surface area contributed by atoms with Crippen LogP contribution in [0.2, 0.25) is 0 Å². The van der Waals surface area contributed by atoms with Crippen LogP contribution in [0.1, 0.15) is 24.9 Å². The van der Waals surface area contributed by atoms with Gasteiger partial charge in [-0.1, -0.05) is 12.1 Å². The van der Waals surface area contributed by atoms with Crippen molar-refractivity contribution in [1.29, 1.82) is 0 Å². The van der Waals surface area contributed by atoms with Crippen LogP contribution in [0.15, 0.2) is 24.3 Å². The molecule has 1 atom stereocenters. The van der Waals surface area contributed by atoms with Crippen LogP contribution in [0.5, 0.6) is 5.75 Å². The van der Waals surface area contributed by atoms with Gasteiger partial charge in [-0.15, -0.1) is 0 Å². The first kappa shape index (κ1) is 13.5. The van der Waals surface area contributed by atoms with Crippen LogP contribution in [0, 0.1) is 0 Å². The average molecular weight is 237 g/mol. The molecule has 4 nitrogen and oxygen atoms in total. The highest BCUT2D eigenvalue weighted by atomic mass is 16.5. The van der Waals surface area contributed by atoms with Gasteiger partial charge in [0.1, 0.15) is 5.75 Å². The van der Waals surface area contributed by atoms with Gasteiger partial charge in [-0.05, 0) is 38.7 Å². The second-order valence-corrected chi connectivity index (χ2v) is 4.08. The lowest BCUT2D eigenvalue weighted by Gasteiger charge is -2.23. The Kier molecular flexibility index (Phi) is 4.97. The first-order chi connectivity index (χ1) is 8.04. The van der Waals surface area contributed by atoms with E-state index in [-0.39, 0.29) is 12.5 Å². The summed E-state index contributed by atoms with van der Waals surface area (Å²) in [7, 11) is 3.75. The molecule has 0 amide bonds. The minimum absolute atomic E-state index is 0.0859. The van der Waals surface area contributed by atoms with E-state index in [1.165, 1.54) is 0 Å². The van der Waals surface area contributed by atoms with Crippen LogP contribution in [0.25, 0.3) is 0 Å². The van der Waals surface area contributed by atoms with Crippen LogP contribution in [0.4, 0.5) is 0 Å². The van der Waals surface area contributed by atoms with E-state index in [0.29, 0.717) is 6.61 Å². The zero-order valence-electron chi connectivity index (χ0n) is 10.5. The van der Waals surface area contributed by atoms with Crippen LogP contribution < -0.4 is 4.74 Å². The van der Waals surface area contributed by atoms with Gasteiger partial charge in [-0.2, -0.15) is 0 Å². The van der Waals surface area contributed by atoms with Gasteiger partial charge in [0.2, 0.25) is 0 Å². The molecule has 0 heterocycles. The molecule has 4 heteroatoms. The molecule has 0 fully saturated rings. The summed E-state index contributed by atoms with van der Waals surface area (Å²) in [6, 6.07) is 7.46. The fourth-order valence-corrected chi connectivity index (χ4v) is 1.74. The van der Waals surface area contributed by atoms with Crippen molar-refractivity contribution in [3.8, 4) is 5.75 Å². The molecule has 0 aliphatic rings. The van der Waals surface area contributed by atoms with Crippen LogP contribution in [-0.2, 0) is 4.79 Å². The number of ether oxygens (including phenoxy) is 1. The largest absolute Gasteiger partial charge is 0.494 e. The molecule has 17 heavy (non-hydrogen) atoms. The monoisotopic (exact) mass is 237 g/mol. The van der Waals surface area contributed by atoms with Crippen molar-refractivity contribution in [2.24, 2.45) is 0 Å². The third-order valence-corrected chi connectivity index (χ3v) is 2.55. The second kappa shape index (κ2) is 6.25. The molecule has 0 aliphatic heterocycles. The fraction of sp³-hybridized carbons (Fsp3) is 0.462. The second-order valence-electron chi connectivity index (χ2n) is 4.08. The van der Waals surface area contributed by atoms with Gasteiger partial charge in [0.15, 0.2) is 0 Å². The lowest BCUT2D eigenvalue weighted by atomic mass is 10.0. The van der Waals surface area contributed by atoms with E-state index in [4.69, 9.17) is 9.84 Å². The fourth-order valence-electron chi connectivity index (χ4n) is 1.74. The van der Waals surface area contributed by atoms with Crippen molar-refractivity contribution in [2.75, 3.05) is 20.7 Å². The average Bonchev–Trinajstić information content (AvgIpc) is 2.26. The van der Waals surface area contributed by atoms with Gasteiger partial charge < -0.3 is 14.7 Å². The van der Waals surface area contributed by atoms with Crippen molar-refractivity contribution in [3.63, 3.8) is 0 Å². The molecule has 0 aliphatic carbocycles.